The average molecular weight is 272 g/mol. The van der Waals surface area contributed by atoms with E-state index in [1.807, 2.05) is 0 Å². The normalized spacial score (nSPS) is 21.9. The molecule has 1 heterocycles. The van der Waals surface area contributed by atoms with Crippen LogP contribution < -0.4 is 5.32 Å². The second-order valence-corrected chi connectivity index (χ2v) is 6.08. The minimum Gasteiger partial charge on any atom is -0.341 e. The molecule has 108 valence electrons. The molecule has 1 saturated carbocycles. The molecule has 1 aromatic carbocycles. The van der Waals surface area contributed by atoms with Crippen molar-refractivity contribution in [2.45, 2.75) is 45.2 Å². The highest BCUT2D eigenvalue weighted by molar-refractivity contribution is 5.82. The van der Waals surface area contributed by atoms with Crippen LogP contribution in [0.2, 0.25) is 0 Å². The lowest BCUT2D eigenvalue weighted by Gasteiger charge is -2.35. The summed E-state index contributed by atoms with van der Waals surface area (Å²) in [6.45, 7) is 4.69. The first-order chi connectivity index (χ1) is 9.78. The number of rotatable bonds is 4. The van der Waals surface area contributed by atoms with E-state index in [1.165, 1.54) is 30.4 Å². The molecule has 3 nitrogen and oxygen atoms in total. The summed E-state index contributed by atoms with van der Waals surface area (Å²) in [6, 6.07) is 8.40. The zero-order valence-corrected chi connectivity index (χ0v) is 12.3. The van der Waals surface area contributed by atoms with E-state index in [0.29, 0.717) is 0 Å². The van der Waals surface area contributed by atoms with E-state index in [1.54, 1.807) is 0 Å². The van der Waals surface area contributed by atoms with Gasteiger partial charge in [0.2, 0.25) is 5.91 Å². The number of amides is 1. The van der Waals surface area contributed by atoms with Gasteiger partial charge in [-0.25, -0.2) is 0 Å². The molecule has 1 aliphatic carbocycles. The molecule has 1 aromatic rings. The Labute approximate surface area is 121 Å². The monoisotopic (exact) mass is 272 g/mol. The Bertz CT molecular complexity index is 482. The lowest BCUT2D eigenvalue weighted by Crippen LogP contribution is -2.50. The predicted octanol–water partition coefficient (Wildman–Crippen LogP) is 2.35. The topological polar surface area (TPSA) is 32.3 Å². The highest BCUT2D eigenvalue weighted by Gasteiger charge is 2.29. The maximum Gasteiger partial charge on any atom is 0.240 e. The Hall–Kier alpha value is -1.35. The summed E-state index contributed by atoms with van der Waals surface area (Å²) in [5.74, 6) is 1.03. The number of carbonyl (C=O) groups excluding carboxylic acids is 1. The van der Waals surface area contributed by atoms with Crippen LogP contribution in [-0.2, 0) is 17.8 Å². The summed E-state index contributed by atoms with van der Waals surface area (Å²) < 4.78 is 0. The minimum absolute atomic E-state index is 0.0371. The van der Waals surface area contributed by atoms with E-state index in [4.69, 9.17) is 0 Å². The largest absolute Gasteiger partial charge is 0.341 e. The number of nitrogens with zero attached hydrogens (tertiary/aromatic N) is 1. The summed E-state index contributed by atoms with van der Waals surface area (Å²) in [6.07, 6.45) is 4.76. The zero-order valence-electron chi connectivity index (χ0n) is 12.3. The molecule has 0 radical (unpaired) electrons. The van der Waals surface area contributed by atoms with E-state index in [9.17, 15) is 4.79 Å². The first-order valence-corrected chi connectivity index (χ1v) is 7.87. The molecule has 0 unspecified atom stereocenters. The Morgan fingerprint density at radius 1 is 1.30 bits per heavy atom. The summed E-state index contributed by atoms with van der Waals surface area (Å²) in [4.78, 5) is 14.7. The van der Waals surface area contributed by atoms with Gasteiger partial charge in [0, 0.05) is 19.6 Å². The maximum absolute atomic E-state index is 12.7. The summed E-state index contributed by atoms with van der Waals surface area (Å²) in [7, 11) is 0. The first kappa shape index (κ1) is 13.6. The van der Waals surface area contributed by atoms with Gasteiger partial charge in [-0.1, -0.05) is 30.7 Å². The van der Waals surface area contributed by atoms with Gasteiger partial charge in [0.1, 0.15) is 0 Å². The number of nitrogens with one attached hydrogen (secondary N) is 1. The van der Waals surface area contributed by atoms with Crippen molar-refractivity contribution in [1.82, 2.24) is 10.2 Å². The van der Waals surface area contributed by atoms with Crippen molar-refractivity contribution in [2.24, 2.45) is 5.92 Å². The van der Waals surface area contributed by atoms with Gasteiger partial charge in [-0.15, -0.1) is 0 Å². The lowest BCUT2D eigenvalue weighted by atomic mass is 9.85. The van der Waals surface area contributed by atoms with Gasteiger partial charge in [0.05, 0.1) is 6.04 Å². The Kier molecular flexibility index (Phi) is 4.06. The molecule has 1 atom stereocenters. The molecule has 0 bridgehead atoms. The van der Waals surface area contributed by atoms with Gasteiger partial charge in [-0.05, 0) is 43.2 Å². The highest BCUT2D eigenvalue weighted by Crippen LogP contribution is 2.27. The van der Waals surface area contributed by atoms with Crippen LogP contribution in [0.15, 0.2) is 24.3 Å². The molecule has 2 aliphatic rings. The van der Waals surface area contributed by atoms with E-state index in [0.717, 1.165) is 32.0 Å². The first-order valence-electron chi connectivity index (χ1n) is 7.87. The Balaban J connectivity index is 1.64. The third-order valence-electron chi connectivity index (χ3n) is 4.78. The maximum atomic E-state index is 12.7. The van der Waals surface area contributed by atoms with Crippen molar-refractivity contribution >= 4 is 5.91 Å². The molecule has 0 aromatic heterocycles. The van der Waals surface area contributed by atoms with E-state index >= 15 is 0 Å². The fraction of sp³-hybridized carbons (Fsp3) is 0.588. The smallest absolute Gasteiger partial charge is 0.240 e. The quantitative estimate of drug-likeness (QED) is 0.912. The molecule has 3 rings (SSSR count). The van der Waals surface area contributed by atoms with Crippen LogP contribution in [0.1, 0.15) is 37.3 Å². The van der Waals surface area contributed by atoms with Crippen LogP contribution in [0.25, 0.3) is 0 Å². The number of hydrogen-bond acceptors (Lipinski definition) is 2. The van der Waals surface area contributed by atoms with Gasteiger partial charge in [-0.2, -0.15) is 0 Å². The summed E-state index contributed by atoms with van der Waals surface area (Å²) in [5, 5.41) is 3.41. The molecule has 3 heteroatoms. The molecule has 1 aliphatic heterocycles. The van der Waals surface area contributed by atoms with Gasteiger partial charge in [0.15, 0.2) is 0 Å². The number of hydrogen-bond donors (Lipinski definition) is 1. The van der Waals surface area contributed by atoms with Crippen LogP contribution in [0.5, 0.6) is 0 Å². The van der Waals surface area contributed by atoms with Gasteiger partial charge >= 0.3 is 0 Å². The molecular formula is C17H24N2O. The van der Waals surface area contributed by atoms with Gasteiger partial charge in [-0.3, -0.25) is 4.79 Å². The van der Waals surface area contributed by atoms with Gasteiger partial charge < -0.3 is 10.2 Å². The Morgan fingerprint density at radius 2 is 2.05 bits per heavy atom. The summed E-state index contributed by atoms with van der Waals surface area (Å²) >= 11 is 0. The van der Waals surface area contributed by atoms with Crippen molar-refractivity contribution in [3.63, 3.8) is 0 Å². The summed E-state index contributed by atoms with van der Waals surface area (Å²) in [5.41, 5.74) is 2.66. The molecule has 20 heavy (non-hydrogen) atoms. The SMILES string of the molecule is CCN(CC1CCC1)C(=O)[C@@H]1Cc2ccccc2CN1. The molecule has 0 saturated heterocycles. The van der Waals surface area contributed by atoms with Crippen molar-refractivity contribution in [3.05, 3.63) is 35.4 Å². The predicted molar refractivity (Wildman–Crippen MR) is 80.4 cm³/mol. The number of fused-ring (bicyclic) bond motifs is 1. The third kappa shape index (κ3) is 2.73. The molecule has 1 N–H and O–H groups in total. The van der Waals surface area contributed by atoms with Crippen LogP contribution in [0.4, 0.5) is 0 Å². The average Bonchev–Trinajstić information content (AvgIpc) is 2.45. The van der Waals surface area contributed by atoms with Crippen LogP contribution in [0, 0.1) is 5.92 Å². The van der Waals surface area contributed by atoms with Crippen LogP contribution in [0.3, 0.4) is 0 Å². The molecule has 1 amide bonds. The Morgan fingerprint density at radius 3 is 2.70 bits per heavy atom. The number of benzene rings is 1. The fourth-order valence-corrected chi connectivity index (χ4v) is 3.21. The van der Waals surface area contributed by atoms with Crippen molar-refractivity contribution in [1.29, 1.82) is 0 Å². The zero-order chi connectivity index (χ0) is 13.9. The van der Waals surface area contributed by atoms with Gasteiger partial charge in [0.25, 0.3) is 0 Å². The van der Waals surface area contributed by atoms with Crippen molar-refractivity contribution in [2.75, 3.05) is 13.1 Å². The van der Waals surface area contributed by atoms with Crippen LogP contribution in [-0.4, -0.2) is 29.9 Å². The third-order valence-corrected chi connectivity index (χ3v) is 4.78. The van der Waals surface area contributed by atoms with Crippen LogP contribution >= 0.6 is 0 Å². The minimum atomic E-state index is -0.0371. The lowest BCUT2D eigenvalue weighted by molar-refractivity contribution is -0.134. The molecule has 0 spiro atoms. The fourth-order valence-electron chi connectivity index (χ4n) is 3.21. The number of likely N-dealkylation sites (N-methyl/N-ethyl adjacent to an activating group) is 1. The second kappa shape index (κ2) is 5.96. The number of carbonyl (C=O) groups is 1. The standard InChI is InChI=1S/C17H24N2O/c1-2-19(12-13-6-5-7-13)17(20)16-10-14-8-3-4-9-15(14)11-18-16/h3-4,8-9,13,16,18H,2,5-7,10-12H2,1H3/t16-/m0/s1. The highest BCUT2D eigenvalue weighted by atomic mass is 16.2. The van der Waals surface area contributed by atoms with Crippen molar-refractivity contribution in [3.8, 4) is 0 Å². The van der Waals surface area contributed by atoms with E-state index in [2.05, 4.69) is 41.4 Å². The van der Waals surface area contributed by atoms with Crippen molar-refractivity contribution < 1.29 is 4.79 Å². The molecule has 1 fully saturated rings. The second-order valence-electron chi connectivity index (χ2n) is 6.08. The van der Waals surface area contributed by atoms with E-state index in [-0.39, 0.29) is 11.9 Å². The van der Waals surface area contributed by atoms with E-state index < -0.39 is 0 Å². The molecular weight excluding hydrogens is 248 g/mol.